The lowest BCUT2D eigenvalue weighted by Gasteiger charge is -2.35. The van der Waals surface area contributed by atoms with Crippen molar-refractivity contribution in [2.45, 2.75) is 13.0 Å². The van der Waals surface area contributed by atoms with Gasteiger partial charge >= 0.3 is 6.09 Å². The highest BCUT2D eigenvalue weighted by Crippen LogP contribution is 2.28. The molecule has 152 valence electrons. The number of carbonyl (C=O) groups is 2. The molecule has 5 rings (SSSR count). The van der Waals surface area contributed by atoms with E-state index in [-0.39, 0.29) is 35.7 Å². The summed E-state index contributed by atoms with van der Waals surface area (Å²) in [4.78, 5) is 41.4. The summed E-state index contributed by atoms with van der Waals surface area (Å²) in [5.74, 6) is 0.249. The van der Waals surface area contributed by atoms with E-state index in [4.69, 9.17) is 9.15 Å². The molecule has 7 nitrogen and oxygen atoms in total. The van der Waals surface area contributed by atoms with Crippen molar-refractivity contribution in [1.29, 1.82) is 0 Å². The number of rotatable bonds is 2. The van der Waals surface area contributed by atoms with Crippen molar-refractivity contribution in [2.24, 2.45) is 0 Å². The van der Waals surface area contributed by atoms with Crippen molar-refractivity contribution in [3.05, 3.63) is 69.9 Å². The van der Waals surface area contributed by atoms with E-state index in [0.717, 1.165) is 5.56 Å². The lowest BCUT2D eigenvalue weighted by Crippen LogP contribution is -2.53. The molecule has 0 bridgehead atoms. The van der Waals surface area contributed by atoms with Crippen LogP contribution in [-0.2, 0) is 4.74 Å². The zero-order valence-corrected chi connectivity index (χ0v) is 16.5. The molecule has 0 N–H and O–H groups in total. The van der Waals surface area contributed by atoms with Crippen LogP contribution in [0, 0.1) is 6.92 Å². The molecule has 2 aromatic carbocycles. The molecule has 1 aromatic heterocycles. The Labute approximate surface area is 172 Å². The molecular formula is C23H20N2O5. The molecule has 2 aliphatic rings. The van der Waals surface area contributed by atoms with Crippen LogP contribution >= 0.6 is 0 Å². The van der Waals surface area contributed by atoms with Crippen LogP contribution in [-0.4, -0.2) is 54.1 Å². The summed E-state index contributed by atoms with van der Waals surface area (Å²) < 4.78 is 11.3. The van der Waals surface area contributed by atoms with E-state index >= 15 is 0 Å². The molecule has 0 radical (unpaired) electrons. The fraction of sp³-hybridized carbons (Fsp3) is 0.261. The Morgan fingerprint density at radius 3 is 2.63 bits per heavy atom. The summed E-state index contributed by atoms with van der Waals surface area (Å²) in [6.07, 6.45) is -0.328. The smallest absolute Gasteiger partial charge is 0.410 e. The van der Waals surface area contributed by atoms with Gasteiger partial charge in [0.1, 0.15) is 12.4 Å². The molecule has 1 atom stereocenters. The van der Waals surface area contributed by atoms with Crippen molar-refractivity contribution in [2.75, 3.05) is 26.2 Å². The number of nitrogens with zero attached hydrogens (tertiary/aromatic N) is 2. The largest absolute Gasteiger partial charge is 0.455 e. The van der Waals surface area contributed by atoms with E-state index in [2.05, 4.69) is 0 Å². The Morgan fingerprint density at radius 2 is 1.83 bits per heavy atom. The summed E-state index contributed by atoms with van der Waals surface area (Å²) in [7, 11) is 0. The molecule has 2 saturated heterocycles. The highest BCUT2D eigenvalue weighted by atomic mass is 16.6. The van der Waals surface area contributed by atoms with Crippen molar-refractivity contribution < 1.29 is 18.7 Å². The molecule has 30 heavy (non-hydrogen) atoms. The zero-order chi connectivity index (χ0) is 20.8. The van der Waals surface area contributed by atoms with Crippen LogP contribution in [0.1, 0.15) is 15.9 Å². The normalized spacial score (nSPS) is 18.4. The fourth-order valence-corrected chi connectivity index (χ4v) is 4.19. The first-order valence-electron chi connectivity index (χ1n) is 9.89. The van der Waals surface area contributed by atoms with Crippen molar-refractivity contribution >= 4 is 23.0 Å². The molecule has 3 heterocycles. The fourth-order valence-electron chi connectivity index (χ4n) is 4.19. The number of benzene rings is 2. The van der Waals surface area contributed by atoms with Gasteiger partial charge < -0.3 is 14.1 Å². The molecule has 1 unspecified atom stereocenters. The van der Waals surface area contributed by atoms with Crippen LogP contribution in [0.2, 0.25) is 0 Å². The second-order valence-corrected chi connectivity index (χ2v) is 7.61. The van der Waals surface area contributed by atoms with Gasteiger partial charge in [-0.3, -0.25) is 14.5 Å². The van der Waals surface area contributed by atoms with Gasteiger partial charge in [-0.05, 0) is 19.1 Å². The van der Waals surface area contributed by atoms with E-state index < -0.39 is 0 Å². The number of para-hydroxylation sites is 1. The number of cyclic esters (lactones) is 1. The molecule has 7 heteroatoms. The van der Waals surface area contributed by atoms with E-state index in [1.807, 2.05) is 30.3 Å². The maximum Gasteiger partial charge on any atom is 0.410 e. The first-order valence-corrected chi connectivity index (χ1v) is 9.89. The number of amides is 2. The quantitative estimate of drug-likeness (QED) is 0.656. The lowest BCUT2D eigenvalue weighted by atomic mass is 10.0. The molecule has 3 aromatic rings. The number of piperazine rings is 1. The molecule has 2 aliphatic heterocycles. The average Bonchev–Trinajstić information content (AvgIpc) is 3.16. The summed E-state index contributed by atoms with van der Waals surface area (Å²) in [5, 5.41) is 0.385. The number of carbonyl (C=O) groups excluding carboxylic acids is 2. The highest BCUT2D eigenvalue weighted by molar-refractivity contribution is 6.05. The minimum absolute atomic E-state index is 0.140. The summed E-state index contributed by atoms with van der Waals surface area (Å²) in [5.41, 5.74) is 1.78. The van der Waals surface area contributed by atoms with E-state index in [9.17, 15) is 14.4 Å². The van der Waals surface area contributed by atoms with E-state index in [1.54, 1.807) is 34.9 Å². The Kier molecular flexibility index (Phi) is 4.31. The van der Waals surface area contributed by atoms with Gasteiger partial charge in [-0.25, -0.2) is 4.79 Å². The van der Waals surface area contributed by atoms with Crippen molar-refractivity contribution in [3.8, 4) is 11.3 Å². The van der Waals surface area contributed by atoms with Crippen LogP contribution in [0.5, 0.6) is 0 Å². The number of hydrogen-bond donors (Lipinski definition) is 0. The van der Waals surface area contributed by atoms with E-state index in [1.165, 1.54) is 0 Å². The molecule has 0 aliphatic carbocycles. The van der Waals surface area contributed by atoms with E-state index in [0.29, 0.717) is 41.9 Å². The molecule has 0 saturated carbocycles. The van der Waals surface area contributed by atoms with Crippen LogP contribution in [0.15, 0.2) is 57.7 Å². The van der Waals surface area contributed by atoms with Gasteiger partial charge in [0.05, 0.1) is 17.0 Å². The predicted octanol–water partition coefficient (Wildman–Crippen LogP) is 3.05. The Hall–Kier alpha value is -3.61. The standard InChI is InChI=1S/C23H20N2O5/c1-14-19(26)17-8-5-9-18(21(17)30-20(14)15-6-3-2-4-7-15)22(27)24-10-11-25-16(12-24)13-29-23(25)28/h2-9,16H,10-13H2,1H3. The number of ether oxygens (including phenoxy) is 1. The topological polar surface area (TPSA) is 80.1 Å². The number of fused-ring (bicyclic) bond motifs is 2. The first-order chi connectivity index (χ1) is 14.5. The Bertz CT molecular complexity index is 1220. The van der Waals surface area contributed by atoms with Gasteiger partial charge in [-0.1, -0.05) is 36.4 Å². The summed E-state index contributed by atoms with van der Waals surface area (Å²) >= 11 is 0. The van der Waals surface area contributed by atoms with Crippen LogP contribution in [0.25, 0.3) is 22.3 Å². The third-order valence-electron chi connectivity index (χ3n) is 5.82. The Morgan fingerprint density at radius 1 is 1.03 bits per heavy atom. The minimum Gasteiger partial charge on any atom is -0.455 e. The second kappa shape index (κ2) is 7.02. The van der Waals surface area contributed by atoms with Gasteiger partial charge in [0.25, 0.3) is 5.91 Å². The Balaban J connectivity index is 1.58. The van der Waals surface area contributed by atoms with Crippen molar-refractivity contribution in [3.63, 3.8) is 0 Å². The van der Waals surface area contributed by atoms with Gasteiger partial charge in [-0.15, -0.1) is 0 Å². The third kappa shape index (κ3) is 2.85. The zero-order valence-electron chi connectivity index (χ0n) is 16.5. The maximum absolute atomic E-state index is 13.3. The average molecular weight is 404 g/mol. The van der Waals surface area contributed by atoms with Crippen LogP contribution in [0.4, 0.5) is 4.79 Å². The SMILES string of the molecule is Cc1c(-c2ccccc2)oc2c(C(=O)N3CCN4C(=O)OCC4C3)cccc2c1=O. The van der Waals surface area contributed by atoms with Gasteiger partial charge in [0.2, 0.25) is 0 Å². The predicted molar refractivity (Wildman–Crippen MR) is 110 cm³/mol. The minimum atomic E-state index is -0.328. The molecule has 2 fully saturated rings. The second-order valence-electron chi connectivity index (χ2n) is 7.61. The first kappa shape index (κ1) is 18.4. The van der Waals surface area contributed by atoms with Gasteiger partial charge in [-0.2, -0.15) is 0 Å². The summed E-state index contributed by atoms with van der Waals surface area (Å²) in [6, 6.07) is 14.3. The molecule has 2 amide bonds. The third-order valence-corrected chi connectivity index (χ3v) is 5.82. The lowest BCUT2D eigenvalue weighted by molar-refractivity contribution is 0.0617. The summed E-state index contributed by atoms with van der Waals surface area (Å²) in [6.45, 7) is 3.24. The number of hydrogen-bond acceptors (Lipinski definition) is 5. The van der Waals surface area contributed by atoms with Crippen LogP contribution < -0.4 is 5.43 Å². The maximum atomic E-state index is 13.3. The van der Waals surface area contributed by atoms with Crippen LogP contribution in [0.3, 0.4) is 0 Å². The van der Waals surface area contributed by atoms with Crippen molar-refractivity contribution in [1.82, 2.24) is 9.80 Å². The molecular weight excluding hydrogens is 384 g/mol. The molecule has 0 spiro atoms. The van der Waals surface area contributed by atoms with Gasteiger partial charge in [0.15, 0.2) is 11.0 Å². The van der Waals surface area contributed by atoms with Gasteiger partial charge in [0, 0.05) is 30.8 Å². The monoisotopic (exact) mass is 404 g/mol. The highest BCUT2D eigenvalue weighted by Gasteiger charge is 2.39.